The maximum absolute atomic E-state index is 4.32. The molecule has 68 valence electrons. The standard InChI is InChI=1S/C10H13N3/c1-10(2,3)13-9-8(7-12-13)5-4-6-11-9/h4-7H,1-3H3. The second-order valence-corrected chi connectivity index (χ2v) is 4.14. The van der Waals surface area contributed by atoms with Crippen LogP contribution in [0.5, 0.6) is 0 Å². The lowest BCUT2D eigenvalue weighted by atomic mass is 10.1. The predicted molar refractivity (Wildman–Crippen MR) is 52.5 cm³/mol. The van der Waals surface area contributed by atoms with Crippen LogP contribution in [0.15, 0.2) is 24.5 Å². The van der Waals surface area contributed by atoms with E-state index < -0.39 is 0 Å². The van der Waals surface area contributed by atoms with Gasteiger partial charge in [-0.1, -0.05) is 0 Å². The summed E-state index contributed by atoms with van der Waals surface area (Å²) in [7, 11) is 0. The maximum atomic E-state index is 4.32. The monoisotopic (exact) mass is 175 g/mol. The van der Waals surface area contributed by atoms with Gasteiger partial charge in [-0.2, -0.15) is 5.10 Å². The number of aromatic nitrogens is 3. The van der Waals surface area contributed by atoms with Crippen molar-refractivity contribution in [3.05, 3.63) is 24.5 Å². The van der Waals surface area contributed by atoms with E-state index in [2.05, 4.69) is 30.9 Å². The first-order valence-corrected chi connectivity index (χ1v) is 4.38. The molecule has 0 aromatic carbocycles. The zero-order valence-electron chi connectivity index (χ0n) is 8.15. The van der Waals surface area contributed by atoms with Crippen LogP contribution in [0.3, 0.4) is 0 Å². The molecule has 0 aliphatic carbocycles. The van der Waals surface area contributed by atoms with E-state index in [9.17, 15) is 0 Å². The van der Waals surface area contributed by atoms with E-state index in [4.69, 9.17) is 0 Å². The largest absolute Gasteiger partial charge is 0.242 e. The molecule has 0 atom stereocenters. The number of nitrogens with zero attached hydrogens (tertiary/aromatic N) is 3. The summed E-state index contributed by atoms with van der Waals surface area (Å²) >= 11 is 0. The number of hydrogen-bond donors (Lipinski definition) is 0. The van der Waals surface area contributed by atoms with Crippen LogP contribution in [0, 0.1) is 0 Å². The van der Waals surface area contributed by atoms with E-state index in [1.807, 2.05) is 23.0 Å². The summed E-state index contributed by atoms with van der Waals surface area (Å²) in [6, 6.07) is 3.95. The van der Waals surface area contributed by atoms with Gasteiger partial charge in [-0.3, -0.25) is 0 Å². The third-order valence-electron chi connectivity index (χ3n) is 1.97. The summed E-state index contributed by atoms with van der Waals surface area (Å²) in [5, 5.41) is 5.42. The Kier molecular flexibility index (Phi) is 1.62. The van der Waals surface area contributed by atoms with E-state index in [1.165, 1.54) is 0 Å². The molecule has 0 saturated heterocycles. The predicted octanol–water partition coefficient (Wildman–Crippen LogP) is 2.19. The van der Waals surface area contributed by atoms with Crippen molar-refractivity contribution in [1.29, 1.82) is 0 Å². The van der Waals surface area contributed by atoms with Crippen LogP contribution >= 0.6 is 0 Å². The molecule has 2 aromatic rings. The average molecular weight is 175 g/mol. The minimum absolute atomic E-state index is 0.00387. The highest BCUT2D eigenvalue weighted by molar-refractivity contribution is 5.74. The number of hydrogen-bond acceptors (Lipinski definition) is 2. The second kappa shape index (κ2) is 2.55. The molecule has 0 aliphatic heterocycles. The van der Waals surface area contributed by atoms with Crippen LogP contribution in [-0.2, 0) is 5.54 Å². The van der Waals surface area contributed by atoms with Gasteiger partial charge in [0, 0.05) is 11.6 Å². The lowest BCUT2D eigenvalue weighted by Crippen LogP contribution is -2.23. The van der Waals surface area contributed by atoms with E-state index >= 15 is 0 Å². The summed E-state index contributed by atoms with van der Waals surface area (Å²) in [6.45, 7) is 6.36. The molecule has 0 N–H and O–H groups in total. The zero-order chi connectivity index (χ0) is 9.47. The van der Waals surface area contributed by atoms with Crippen LogP contribution in [0.4, 0.5) is 0 Å². The Morgan fingerprint density at radius 3 is 2.77 bits per heavy atom. The summed E-state index contributed by atoms with van der Waals surface area (Å²) < 4.78 is 1.95. The van der Waals surface area contributed by atoms with Crippen molar-refractivity contribution in [2.75, 3.05) is 0 Å². The molecule has 3 nitrogen and oxygen atoms in total. The van der Waals surface area contributed by atoms with Gasteiger partial charge in [0.15, 0.2) is 5.65 Å². The molecule has 0 aliphatic rings. The number of pyridine rings is 1. The molecule has 3 heteroatoms. The van der Waals surface area contributed by atoms with Crippen molar-refractivity contribution < 1.29 is 0 Å². The molecule has 0 radical (unpaired) electrons. The minimum Gasteiger partial charge on any atom is -0.242 e. The molecule has 2 heterocycles. The lowest BCUT2D eigenvalue weighted by molar-refractivity contribution is 0.366. The van der Waals surface area contributed by atoms with Gasteiger partial charge in [0.25, 0.3) is 0 Å². The Morgan fingerprint density at radius 1 is 1.31 bits per heavy atom. The normalized spacial score (nSPS) is 12.2. The molecule has 0 amide bonds. The average Bonchev–Trinajstić information content (AvgIpc) is 2.45. The minimum atomic E-state index is -0.00387. The van der Waals surface area contributed by atoms with Gasteiger partial charge in [0.2, 0.25) is 0 Å². The molecule has 13 heavy (non-hydrogen) atoms. The van der Waals surface area contributed by atoms with Gasteiger partial charge in [0.05, 0.1) is 11.7 Å². The van der Waals surface area contributed by atoms with E-state index in [1.54, 1.807) is 6.20 Å². The maximum Gasteiger partial charge on any atom is 0.158 e. The Morgan fingerprint density at radius 2 is 2.08 bits per heavy atom. The molecule has 2 rings (SSSR count). The summed E-state index contributed by atoms with van der Waals surface area (Å²) in [6.07, 6.45) is 3.65. The molecular weight excluding hydrogens is 162 g/mol. The van der Waals surface area contributed by atoms with Crippen molar-refractivity contribution in [3.63, 3.8) is 0 Å². The Bertz CT molecular complexity index is 423. The van der Waals surface area contributed by atoms with Gasteiger partial charge in [-0.15, -0.1) is 0 Å². The second-order valence-electron chi connectivity index (χ2n) is 4.14. The molecule has 0 fully saturated rings. The highest BCUT2D eigenvalue weighted by atomic mass is 15.3. The van der Waals surface area contributed by atoms with Gasteiger partial charge >= 0.3 is 0 Å². The molecular formula is C10H13N3. The van der Waals surface area contributed by atoms with Gasteiger partial charge in [-0.25, -0.2) is 9.67 Å². The summed E-state index contributed by atoms with van der Waals surface area (Å²) in [5.74, 6) is 0. The lowest BCUT2D eigenvalue weighted by Gasteiger charge is -2.19. The molecule has 0 spiro atoms. The number of rotatable bonds is 0. The zero-order valence-corrected chi connectivity index (χ0v) is 8.15. The van der Waals surface area contributed by atoms with Crippen molar-refractivity contribution in [2.24, 2.45) is 0 Å². The molecule has 2 aromatic heterocycles. The Hall–Kier alpha value is -1.38. The van der Waals surface area contributed by atoms with Crippen molar-refractivity contribution in [2.45, 2.75) is 26.3 Å². The SMILES string of the molecule is CC(C)(C)n1ncc2cccnc21. The first-order valence-electron chi connectivity index (χ1n) is 4.38. The third-order valence-corrected chi connectivity index (χ3v) is 1.97. The van der Waals surface area contributed by atoms with Crippen LogP contribution < -0.4 is 0 Å². The van der Waals surface area contributed by atoms with Gasteiger partial charge in [-0.05, 0) is 32.9 Å². The fourth-order valence-corrected chi connectivity index (χ4v) is 1.35. The summed E-state index contributed by atoms with van der Waals surface area (Å²) in [5.41, 5.74) is 0.950. The summed E-state index contributed by atoms with van der Waals surface area (Å²) in [4.78, 5) is 4.31. The molecule has 0 bridgehead atoms. The smallest absolute Gasteiger partial charge is 0.158 e. The highest BCUT2D eigenvalue weighted by Crippen LogP contribution is 2.18. The van der Waals surface area contributed by atoms with Crippen LogP contribution in [0.25, 0.3) is 11.0 Å². The first-order chi connectivity index (χ1) is 6.09. The third kappa shape index (κ3) is 1.30. The van der Waals surface area contributed by atoms with Crippen LogP contribution in [0.1, 0.15) is 20.8 Å². The van der Waals surface area contributed by atoms with Crippen molar-refractivity contribution in [1.82, 2.24) is 14.8 Å². The number of fused-ring (bicyclic) bond motifs is 1. The van der Waals surface area contributed by atoms with E-state index in [0.717, 1.165) is 11.0 Å². The highest BCUT2D eigenvalue weighted by Gasteiger charge is 2.16. The molecule has 0 unspecified atom stereocenters. The van der Waals surface area contributed by atoms with Gasteiger partial charge in [0.1, 0.15) is 0 Å². The topological polar surface area (TPSA) is 30.7 Å². The Labute approximate surface area is 77.4 Å². The van der Waals surface area contributed by atoms with Crippen molar-refractivity contribution in [3.8, 4) is 0 Å². The first kappa shape index (κ1) is 8.23. The fourth-order valence-electron chi connectivity index (χ4n) is 1.35. The van der Waals surface area contributed by atoms with Gasteiger partial charge < -0.3 is 0 Å². The van der Waals surface area contributed by atoms with Crippen LogP contribution in [-0.4, -0.2) is 14.8 Å². The Balaban J connectivity index is 2.72. The molecule has 0 saturated carbocycles. The van der Waals surface area contributed by atoms with Crippen molar-refractivity contribution >= 4 is 11.0 Å². The van der Waals surface area contributed by atoms with E-state index in [-0.39, 0.29) is 5.54 Å². The van der Waals surface area contributed by atoms with E-state index in [0.29, 0.717) is 0 Å². The van der Waals surface area contributed by atoms with Crippen LogP contribution in [0.2, 0.25) is 0 Å². The fraction of sp³-hybridized carbons (Fsp3) is 0.400. The quantitative estimate of drug-likeness (QED) is 0.614.